The quantitative estimate of drug-likeness (QED) is 0.588. The summed E-state index contributed by atoms with van der Waals surface area (Å²) in [5.74, 6) is 0.462. The lowest BCUT2D eigenvalue weighted by Crippen LogP contribution is -2.43. The van der Waals surface area contributed by atoms with Gasteiger partial charge in [-0.2, -0.15) is 0 Å². The van der Waals surface area contributed by atoms with E-state index >= 15 is 0 Å². The van der Waals surface area contributed by atoms with Crippen molar-refractivity contribution in [2.24, 2.45) is 22.4 Å². The van der Waals surface area contributed by atoms with Crippen LogP contribution in [0.2, 0.25) is 0 Å². The molecule has 1 saturated carbocycles. The summed E-state index contributed by atoms with van der Waals surface area (Å²) in [6, 6.07) is 4.85. The summed E-state index contributed by atoms with van der Waals surface area (Å²) in [6.45, 7) is 1.19. The molecule has 0 spiro atoms. The average Bonchev–Trinajstić information content (AvgIpc) is 3.56. The number of nitrogens with one attached hydrogen (secondary N) is 1. The molecule has 1 aromatic carbocycles. The van der Waals surface area contributed by atoms with Gasteiger partial charge in [-0.15, -0.1) is 0 Å². The number of ether oxygens (including phenoxy) is 2. The lowest BCUT2D eigenvalue weighted by Gasteiger charge is -2.30. The van der Waals surface area contributed by atoms with Crippen molar-refractivity contribution in [1.82, 2.24) is 10.2 Å². The van der Waals surface area contributed by atoms with Crippen LogP contribution in [0.3, 0.4) is 0 Å². The maximum Gasteiger partial charge on any atom is 0.252 e. The topological polar surface area (TPSA) is 132 Å². The van der Waals surface area contributed by atoms with Gasteiger partial charge in [0.05, 0.1) is 24.1 Å². The number of aliphatic imine (C=N–C) groups is 1. The van der Waals surface area contributed by atoms with Crippen LogP contribution in [0, 0.1) is 5.92 Å². The number of primary amides is 2. The lowest BCUT2D eigenvalue weighted by atomic mass is 10.0. The monoisotopic (exact) mass is 435 g/mol. The van der Waals surface area contributed by atoms with Crippen LogP contribution >= 0.6 is 0 Å². The highest BCUT2D eigenvalue weighted by molar-refractivity contribution is 6.05. The summed E-state index contributed by atoms with van der Waals surface area (Å²) in [5, 5.41) is 3.30. The predicted molar refractivity (Wildman–Crippen MR) is 117 cm³/mol. The molecular weight excluding hydrogens is 410 g/mol. The van der Waals surface area contributed by atoms with Crippen LogP contribution in [0.1, 0.15) is 35.2 Å². The third kappa shape index (κ3) is 3.39. The Labute approximate surface area is 185 Å². The van der Waals surface area contributed by atoms with Crippen LogP contribution in [0.25, 0.3) is 0 Å². The molecule has 4 aliphatic rings. The van der Waals surface area contributed by atoms with E-state index < -0.39 is 11.9 Å². The van der Waals surface area contributed by atoms with Crippen LogP contribution in [-0.4, -0.2) is 48.9 Å². The number of hydrogen-bond donors (Lipinski definition) is 3. The maximum absolute atomic E-state index is 12.0. The van der Waals surface area contributed by atoms with Crippen molar-refractivity contribution in [3.63, 3.8) is 0 Å². The van der Waals surface area contributed by atoms with E-state index in [1.165, 1.54) is 7.11 Å². The Morgan fingerprint density at radius 2 is 2.12 bits per heavy atom. The molecule has 1 atom stereocenters. The smallest absolute Gasteiger partial charge is 0.252 e. The Kier molecular flexibility index (Phi) is 4.88. The zero-order valence-corrected chi connectivity index (χ0v) is 17.8. The highest BCUT2D eigenvalue weighted by Gasteiger charge is 2.39. The first-order valence-corrected chi connectivity index (χ1v) is 10.6. The first-order chi connectivity index (χ1) is 15.5. The third-order valence-corrected chi connectivity index (χ3v) is 6.25. The largest absolute Gasteiger partial charge is 0.496 e. The zero-order valence-electron chi connectivity index (χ0n) is 17.8. The Balaban J connectivity index is 1.54. The van der Waals surface area contributed by atoms with E-state index in [4.69, 9.17) is 25.9 Å². The molecular formula is C23H25N5O4. The third-order valence-electron chi connectivity index (χ3n) is 6.25. The Morgan fingerprint density at radius 3 is 2.81 bits per heavy atom. The normalized spacial score (nSPS) is 20.3. The van der Waals surface area contributed by atoms with Gasteiger partial charge in [0.15, 0.2) is 0 Å². The van der Waals surface area contributed by atoms with Crippen molar-refractivity contribution in [3.8, 4) is 5.75 Å². The summed E-state index contributed by atoms with van der Waals surface area (Å²) >= 11 is 0. The van der Waals surface area contributed by atoms with Crippen LogP contribution in [0.15, 0.2) is 58.2 Å². The van der Waals surface area contributed by atoms with Crippen molar-refractivity contribution < 1.29 is 19.1 Å². The van der Waals surface area contributed by atoms with E-state index in [1.54, 1.807) is 24.6 Å². The van der Waals surface area contributed by atoms with Crippen LogP contribution in [0.4, 0.5) is 0 Å². The van der Waals surface area contributed by atoms with E-state index in [0.717, 1.165) is 54.0 Å². The van der Waals surface area contributed by atoms with Gasteiger partial charge in [-0.1, -0.05) is 0 Å². The Hall–Kier alpha value is -3.75. The number of benzene rings is 1. The molecule has 5 rings (SSSR count). The van der Waals surface area contributed by atoms with Gasteiger partial charge in [-0.05, 0) is 49.0 Å². The Bertz CT molecular complexity index is 1130. The molecule has 9 nitrogen and oxygen atoms in total. The van der Waals surface area contributed by atoms with E-state index in [1.807, 2.05) is 6.07 Å². The molecule has 166 valence electrons. The van der Waals surface area contributed by atoms with Gasteiger partial charge < -0.3 is 31.2 Å². The number of carbonyl (C=O) groups excluding carboxylic acids is 2. The second-order valence-electron chi connectivity index (χ2n) is 8.33. The number of nitrogens with two attached hydrogens (primary N) is 2. The Morgan fingerprint density at radius 1 is 1.31 bits per heavy atom. The molecule has 3 heterocycles. The molecule has 0 saturated heterocycles. The maximum atomic E-state index is 12.0. The number of carbonyl (C=O) groups is 2. The minimum Gasteiger partial charge on any atom is -0.496 e. The molecule has 0 radical (unpaired) electrons. The van der Waals surface area contributed by atoms with Crippen molar-refractivity contribution in [2.75, 3.05) is 20.3 Å². The number of methoxy groups -OCH3 is 1. The van der Waals surface area contributed by atoms with E-state index in [9.17, 15) is 9.59 Å². The van der Waals surface area contributed by atoms with Crippen molar-refractivity contribution in [1.29, 1.82) is 0 Å². The van der Waals surface area contributed by atoms with Gasteiger partial charge in [-0.3, -0.25) is 9.59 Å². The van der Waals surface area contributed by atoms with E-state index in [-0.39, 0.29) is 11.8 Å². The van der Waals surface area contributed by atoms with Crippen molar-refractivity contribution >= 4 is 17.6 Å². The summed E-state index contributed by atoms with van der Waals surface area (Å²) < 4.78 is 11.1. The molecule has 32 heavy (non-hydrogen) atoms. The molecule has 2 amide bonds. The molecule has 1 aliphatic carbocycles. The second kappa shape index (κ2) is 7.74. The molecule has 3 aliphatic heterocycles. The molecule has 9 heteroatoms. The van der Waals surface area contributed by atoms with Crippen LogP contribution < -0.4 is 21.5 Å². The predicted octanol–water partition coefficient (Wildman–Crippen LogP) is 1.12. The number of nitrogens with zero attached hydrogens (tertiary/aromatic N) is 2. The first-order valence-electron chi connectivity index (χ1n) is 10.6. The molecule has 0 aromatic heterocycles. The van der Waals surface area contributed by atoms with Gasteiger partial charge >= 0.3 is 0 Å². The lowest BCUT2D eigenvalue weighted by molar-refractivity contribution is -0.120. The molecule has 5 N–H and O–H groups in total. The van der Waals surface area contributed by atoms with Gasteiger partial charge in [0.1, 0.15) is 30.5 Å². The van der Waals surface area contributed by atoms with Gasteiger partial charge in [0, 0.05) is 23.9 Å². The van der Waals surface area contributed by atoms with E-state index in [0.29, 0.717) is 23.6 Å². The number of hydrogen-bond acceptors (Lipinski definition) is 7. The fraction of sp³-hybridized carbons (Fsp3) is 0.348. The van der Waals surface area contributed by atoms with Crippen molar-refractivity contribution in [3.05, 3.63) is 64.3 Å². The summed E-state index contributed by atoms with van der Waals surface area (Å²) in [4.78, 5) is 30.7. The summed E-state index contributed by atoms with van der Waals surface area (Å²) in [6.07, 6.45) is 6.22. The number of amides is 2. The molecule has 1 unspecified atom stereocenters. The van der Waals surface area contributed by atoms with Gasteiger partial charge in [0.25, 0.3) is 5.91 Å². The standard InChI is InChI=1S/C23H25N5O4/c1-31-18-5-4-13(8-15(18)21(24)29)23-26-9-16-17(27-19(22(25)30)12-2-3-12)11-32-10-14-6-7-28(23)20(14)16/h4-5,8-9,11-12,19,27H,2-3,6-7,10H2,1H3,(H2,24,29)(H2,25,30). The fourth-order valence-electron chi connectivity index (χ4n) is 4.50. The first kappa shape index (κ1) is 20.2. The minimum absolute atomic E-state index is 0.250. The zero-order chi connectivity index (χ0) is 22.4. The van der Waals surface area contributed by atoms with E-state index in [2.05, 4.69) is 10.2 Å². The van der Waals surface area contributed by atoms with Crippen molar-refractivity contribution in [2.45, 2.75) is 25.3 Å². The average molecular weight is 435 g/mol. The molecule has 1 aromatic rings. The number of rotatable bonds is 7. The minimum atomic E-state index is -0.562. The van der Waals surface area contributed by atoms with Crippen LogP contribution in [0.5, 0.6) is 5.75 Å². The summed E-state index contributed by atoms with van der Waals surface area (Å²) in [7, 11) is 1.50. The van der Waals surface area contributed by atoms with Gasteiger partial charge in [0.2, 0.25) is 5.91 Å². The second-order valence-corrected chi connectivity index (χ2v) is 8.33. The van der Waals surface area contributed by atoms with Crippen LogP contribution in [-0.2, 0) is 9.53 Å². The highest BCUT2D eigenvalue weighted by atomic mass is 16.5. The van der Waals surface area contributed by atoms with Gasteiger partial charge in [-0.25, -0.2) is 4.99 Å². The molecule has 1 fully saturated rings. The highest BCUT2D eigenvalue weighted by Crippen LogP contribution is 2.39. The SMILES string of the molecule is COc1ccc(C2=NC=C3C(NC(C(N)=O)C4CC4)=COCC4=C3N2CC4)cc1C(N)=O. The fourth-order valence-corrected chi connectivity index (χ4v) is 4.50. The number of amidine groups is 1. The summed E-state index contributed by atoms with van der Waals surface area (Å²) in [5.41, 5.74) is 16.0. The molecule has 0 bridgehead atoms.